The topological polar surface area (TPSA) is 30.7 Å². The van der Waals surface area contributed by atoms with Crippen LogP contribution in [-0.2, 0) is 5.54 Å². The van der Waals surface area contributed by atoms with Crippen LogP contribution in [0.2, 0.25) is 0 Å². The fourth-order valence-electron chi connectivity index (χ4n) is 1.24. The van der Waals surface area contributed by atoms with Gasteiger partial charge in [0.25, 0.3) is 0 Å². The van der Waals surface area contributed by atoms with Gasteiger partial charge in [0, 0.05) is 11.6 Å². The standard InChI is InChI=1S/C10H12BrN3/c1-10(2,3)14-6-7-4-9(11)12-5-8(7)13-14/h4-6H,1-3H3. The van der Waals surface area contributed by atoms with Crippen LogP contribution in [0.15, 0.2) is 23.1 Å². The van der Waals surface area contributed by atoms with E-state index in [1.165, 1.54) is 0 Å². The molecule has 3 nitrogen and oxygen atoms in total. The van der Waals surface area contributed by atoms with Crippen molar-refractivity contribution in [3.05, 3.63) is 23.1 Å². The lowest BCUT2D eigenvalue weighted by atomic mass is 10.1. The Kier molecular flexibility index (Phi) is 2.10. The van der Waals surface area contributed by atoms with E-state index in [0.717, 1.165) is 15.5 Å². The first-order valence-corrected chi connectivity index (χ1v) is 5.27. The summed E-state index contributed by atoms with van der Waals surface area (Å²) in [6.45, 7) is 6.38. The summed E-state index contributed by atoms with van der Waals surface area (Å²) in [6, 6.07) is 1.98. The summed E-state index contributed by atoms with van der Waals surface area (Å²) < 4.78 is 2.81. The predicted octanol–water partition coefficient (Wildman–Crippen LogP) is 2.95. The average molecular weight is 254 g/mol. The number of hydrogen-bond donors (Lipinski definition) is 0. The Morgan fingerprint density at radius 2 is 2.07 bits per heavy atom. The van der Waals surface area contributed by atoms with E-state index in [1.807, 2.05) is 16.9 Å². The number of halogens is 1. The monoisotopic (exact) mass is 253 g/mol. The van der Waals surface area contributed by atoms with Gasteiger partial charge in [0.2, 0.25) is 0 Å². The minimum absolute atomic E-state index is 0.0193. The molecule has 0 spiro atoms. The van der Waals surface area contributed by atoms with Crippen LogP contribution in [0.25, 0.3) is 10.9 Å². The molecule has 74 valence electrons. The second-order valence-corrected chi connectivity index (χ2v) is 5.12. The second-order valence-electron chi connectivity index (χ2n) is 4.31. The Morgan fingerprint density at radius 1 is 1.36 bits per heavy atom. The highest BCUT2D eigenvalue weighted by Gasteiger charge is 2.14. The molecule has 0 aliphatic rings. The van der Waals surface area contributed by atoms with Crippen molar-refractivity contribution in [1.82, 2.24) is 14.8 Å². The third kappa shape index (κ3) is 1.66. The van der Waals surface area contributed by atoms with Gasteiger partial charge in [-0.1, -0.05) is 0 Å². The Labute approximate surface area is 91.3 Å². The number of pyridine rings is 1. The SMILES string of the molecule is CC(C)(C)n1cc2cc(Br)ncc2n1. The molecule has 0 radical (unpaired) electrons. The quantitative estimate of drug-likeness (QED) is 0.677. The van der Waals surface area contributed by atoms with Gasteiger partial charge < -0.3 is 0 Å². The number of hydrogen-bond acceptors (Lipinski definition) is 2. The highest BCUT2D eigenvalue weighted by atomic mass is 79.9. The van der Waals surface area contributed by atoms with E-state index in [0.29, 0.717) is 0 Å². The van der Waals surface area contributed by atoms with Crippen molar-refractivity contribution in [2.24, 2.45) is 0 Å². The zero-order valence-corrected chi connectivity index (χ0v) is 10.0. The van der Waals surface area contributed by atoms with Crippen LogP contribution in [0.5, 0.6) is 0 Å². The third-order valence-corrected chi connectivity index (χ3v) is 2.48. The fraction of sp³-hybridized carbons (Fsp3) is 0.400. The second kappa shape index (κ2) is 3.05. The molecule has 14 heavy (non-hydrogen) atoms. The summed E-state index contributed by atoms with van der Waals surface area (Å²) in [7, 11) is 0. The van der Waals surface area contributed by atoms with Crippen LogP contribution in [0, 0.1) is 0 Å². The molecule has 0 saturated heterocycles. The number of aromatic nitrogens is 3. The first-order chi connectivity index (χ1) is 6.47. The highest BCUT2D eigenvalue weighted by Crippen LogP contribution is 2.20. The third-order valence-electron chi connectivity index (χ3n) is 2.04. The lowest BCUT2D eigenvalue weighted by molar-refractivity contribution is 0.358. The normalized spacial score (nSPS) is 12.3. The fourth-order valence-corrected chi connectivity index (χ4v) is 1.59. The Bertz CT molecular complexity index is 468. The zero-order valence-electron chi connectivity index (χ0n) is 8.45. The maximum Gasteiger partial charge on any atom is 0.111 e. The van der Waals surface area contributed by atoms with Crippen molar-refractivity contribution in [3.63, 3.8) is 0 Å². The van der Waals surface area contributed by atoms with Crippen molar-refractivity contribution in [2.75, 3.05) is 0 Å². The van der Waals surface area contributed by atoms with Crippen molar-refractivity contribution in [3.8, 4) is 0 Å². The molecule has 0 atom stereocenters. The number of fused-ring (bicyclic) bond motifs is 1. The summed E-state index contributed by atoms with van der Waals surface area (Å²) in [5.41, 5.74) is 0.953. The van der Waals surface area contributed by atoms with Gasteiger partial charge in [-0.15, -0.1) is 0 Å². The van der Waals surface area contributed by atoms with Crippen LogP contribution >= 0.6 is 15.9 Å². The van der Waals surface area contributed by atoms with Crippen molar-refractivity contribution in [2.45, 2.75) is 26.3 Å². The van der Waals surface area contributed by atoms with E-state index < -0.39 is 0 Å². The van der Waals surface area contributed by atoms with Crippen LogP contribution in [0.4, 0.5) is 0 Å². The summed E-state index contributed by atoms with van der Waals surface area (Å²) in [5.74, 6) is 0. The minimum Gasteiger partial charge on any atom is -0.266 e. The van der Waals surface area contributed by atoms with E-state index in [-0.39, 0.29) is 5.54 Å². The molecule has 0 saturated carbocycles. The van der Waals surface area contributed by atoms with Crippen LogP contribution in [0.3, 0.4) is 0 Å². The van der Waals surface area contributed by atoms with E-state index in [4.69, 9.17) is 0 Å². The minimum atomic E-state index is 0.0193. The van der Waals surface area contributed by atoms with E-state index >= 15 is 0 Å². The van der Waals surface area contributed by atoms with Gasteiger partial charge in [-0.25, -0.2) is 4.98 Å². The van der Waals surface area contributed by atoms with Gasteiger partial charge in [0.05, 0.1) is 11.7 Å². The smallest absolute Gasteiger partial charge is 0.111 e. The van der Waals surface area contributed by atoms with Gasteiger partial charge >= 0.3 is 0 Å². The zero-order chi connectivity index (χ0) is 10.3. The van der Waals surface area contributed by atoms with E-state index in [1.54, 1.807) is 6.20 Å². The van der Waals surface area contributed by atoms with Gasteiger partial charge in [-0.3, -0.25) is 4.68 Å². The molecule has 0 bridgehead atoms. The predicted molar refractivity (Wildman–Crippen MR) is 60.2 cm³/mol. The van der Waals surface area contributed by atoms with Crippen LogP contribution in [0.1, 0.15) is 20.8 Å². The van der Waals surface area contributed by atoms with Crippen molar-refractivity contribution in [1.29, 1.82) is 0 Å². The van der Waals surface area contributed by atoms with Gasteiger partial charge in [0.15, 0.2) is 0 Å². The maximum absolute atomic E-state index is 4.46. The molecule has 0 amide bonds. The maximum atomic E-state index is 4.46. The first-order valence-electron chi connectivity index (χ1n) is 4.48. The van der Waals surface area contributed by atoms with E-state index in [2.05, 4.69) is 46.8 Å². The molecule has 2 heterocycles. The molecule has 0 N–H and O–H groups in total. The van der Waals surface area contributed by atoms with Gasteiger partial charge in [-0.05, 0) is 42.8 Å². The largest absolute Gasteiger partial charge is 0.266 e. The lowest BCUT2D eigenvalue weighted by Crippen LogP contribution is -2.21. The molecule has 0 aliphatic heterocycles. The Balaban J connectivity index is 2.63. The molecule has 0 aromatic carbocycles. The van der Waals surface area contributed by atoms with Crippen molar-refractivity contribution >= 4 is 26.8 Å². The Morgan fingerprint density at radius 3 is 2.71 bits per heavy atom. The lowest BCUT2D eigenvalue weighted by Gasteiger charge is -2.18. The molecular formula is C10H12BrN3. The first kappa shape index (κ1) is 9.65. The van der Waals surface area contributed by atoms with Crippen LogP contribution in [-0.4, -0.2) is 14.8 Å². The number of nitrogens with zero attached hydrogens (tertiary/aromatic N) is 3. The molecule has 4 heteroatoms. The van der Waals surface area contributed by atoms with Crippen LogP contribution < -0.4 is 0 Å². The summed E-state index contributed by atoms with van der Waals surface area (Å²) in [4.78, 5) is 4.14. The highest BCUT2D eigenvalue weighted by molar-refractivity contribution is 9.10. The van der Waals surface area contributed by atoms with Gasteiger partial charge in [-0.2, -0.15) is 5.10 Å². The summed E-state index contributed by atoms with van der Waals surface area (Å²) in [5, 5.41) is 5.57. The molecule has 0 fully saturated rings. The molecule has 0 aliphatic carbocycles. The summed E-state index contributed by atoms with van der Waals surface area (Å²) in [6.07, 6.45) is 3.82. The average Bonchev–Trinajstić information content (AvgIpc) is 2.45. The number of rotatable bonds is 0. The summed E-state index contributed by atoms with van der Waals surface area (Å²) >= 11 is 3.34. The molecule has 2 aromatic heterocycles. The molecule has 2 aromatic rings. The molecule has 0 unspecified atom stereocenters. The van der Waals surface area contributed by atoms with Crippen molar-refractivity contribution < 1.29 is 0 Å². The Hall–Kier alpha value is -0.900. The molecule has 2 rings (SSSR count). The molecular weight excluding hydrogens is 242 g/mol. The van der Waals surface area contributed by atoms with E-state index in [9.17, 15) is 0 Å². The van der Waals surface area contributed by atoms with Gasteiger partial charge in [0.1, 0.15) is 10.1 Å².